The molecule has 3 N–H and O–H groups in total. The van der Waals surface area contributed by atoms with E-state index < -0.39 is 11.6 Å². The minimum atomic E-state index is -1.88. The lowest BCUT2D eigenvalue weighted by Crippen LogP contribution is -2.44. The number of aliphatic hydroxyl groups is 1. The standard InChI is InChI=1S/C23H20FN3O4/c1-2-23(30)14-7-17-20-12(8-27(17)21(28)13(14)9-31-22(23)29)19-15(25)4-3-10-5-11(24)6-16(26-20)18(10)19/h5-7,15,30H,2-4,8-9,25H2,1H3/t15?,23-/m0/s1. The monoisotopic (exact) mass is 421 g/mol. The van der Waals surface area contributed by atoms with E-state index in [2.05, 4.69) is 0 Å². The van der Waals surface area contributed by atoms with E-state index in [1.165, 1.54) is 12.1 Å². The number of carbonyl (C=O) groups is 1. The lowest BCUT2D eigenvalue weighted by atomic mass is 9.83. The fourth-order valence-corrected chi connectivity index (χ4v) is 5.36. The zero-order chi connectivity index (χ0) is 21.7. The topological polar surface area (TPSA) is 107 Å². The number of aryl methyl sites for hydroxylation is 1. The first-order valence-electron chi connectivity index (χ1n) is 10.4. The van der Waals surface area contributed by atoms with Crippen LogP contribution < -0.4 is 11.3 Å². The molecule has 0 saturated heterocycles. The summed E-state index contributed by atoms with van der Waals surface area (Å²) in [7, 11) is 0. The summed E-state index contributed by atoms with van der Waals surface area (Å²) in [5.41, 5.74) is 8.99. The van der Waals surface area contributed by atoms with Gasteiger partial charge in [0.05, 0.1) is 29.0 Å². The largest absolute Gasteiger partial charge is 0.458 e. The Bertz CT molecular complexity index is 1400. The van der Waals surface area contributed by atoms with Gasteiger partial charge in [0.1, 0.15) is 12.4 Å². The minimum absolute atomic E-state index is 0.0738. The summed E-state index contributed by atoms with van der Waals surface area (Å²) >= 11 is 0. The summed E-state index contributed by atoms with van der Waals surface area (Å²) < 4.78 is 20.9. The highest BCUT2D eigenvalue weighted by atomic mass is 19.1. The van der Waals surface area contributed by atoms with E-state index in [1.54, 1.807) is 17.6 Å². The summed E-state index contributed by atoms with van der Waals surface area (Å²) in [6, 6.07) is 4.34. The van der Waals surface area contributed by atoms with E-state index in [0.29, 0.717) is 29.7 Å². The molecule has 2 aromatic heterocycles. The molecule has 158 valence electrons. The van der Waals surface area contributed by atoms with Crippen LogP contribution in [-0.4, -0.2) is 20.6 Å². The molecule has 2 aliphatic heterocycles. The van der Waals surface area contributed by atoms with Crippen molar-refractivity contribution in [2.75, 3.05) is 0 Å². The molecule has 0 amide bonds. The van der Waals surface area contributed by atoms with Crippen LogP contribution >= 0.6 is 0 Å². The van der Waals surface area contributed by atoms with Crippen LogP contribution in [0.5, 0.6) is 0 Å². The molecule has 7 nitrogen and oxygen atoms in total. The zero-order valence-corrected chi connectivity index (χ0v) is 16.9. The van der Waals surface area contributed by atoms with E-state index in [0.717, 1.165) is 22.1 Å². The van der Waals surface area contributed by atoms with Gasteiger partial charge < -0.3 is 20.1 Å². The van der Waals surface area contributed by atoms with E-state index in [-0.39, 0.29) is 48.1 Å². The predicted molar refractivity (Wildman–Crippen MR) is 110 cm³/mol. The maximum atomic E-state index is 14.3. The van der Waals surface area contributed by atoms with Crippen molar-refractivity contribution in [1.29, 1.82) is 0 Å². The number of halogens is 1. The summed E-state index contributed by atoms with van der Waals surface area (Å²) in [6.45, 7) is 1.77. The molecule has 0 fully saturated rings. The third-order valence-electron chi connectivity index (χ3n) is 6.97. The maximum absolute atomic E-state index is 14.3. The number of carbonyl (C=O) groups excluding carboxylic acids is 1. The number of aromatic nitrogens is 2. The smallest absolute Gasteiger partial charge is 0.343 e. The van der Waals surface area contributed by atoms with Crippen LogP contribution in [-0.2, 0) is 34.7 Å². The second-order valence-electron chi connectivity index (χ2n) is 8.56. The molecule has 1 aromatic carbocycles. The molecule has 0 radical (unpaired) electrons. The van der Waals surface area contributed by atoms with E-state index in [4.69, 9.17) is 15.5 Å². The zero-order valence-electron chi connectivity index (χ0n) is 16.9. The number of fused-ring (bicyclic) bond motifs is 5. The van der Waals surface area contributed by atoms with Gasteiger partial charge in [0.25, 0.3) is 5.56 Å². The van der Waals surface area contributed by atoms with Crippen molar-refractivity contribution in [3.8, 4) is 11.4 Å². The molecule has 1 unspecified atom stereocenters. The number of hydrogen-bond acceptors (Lipinski definition) is 6. The molecule has 1 aliphatic carbocycles. The van der Waals surface area contributed by atoms with Gasteiger partial charge >= 0.3 is 5.97 Å². The number of hydrogen-bond donors (Lipinski definition) is 2. The van der Waals surface area contributed by atoms with Crippen LogP contribution in [0.2, 0.25) is 0 Å². The Morgan fingerprint density at radius 2 is 2.13 bits per heavy atom. The SMILES string of the molecule is CC[C@@]1(O)C(=O)OCc2c1cc1n(c2=O)Cc2c-1nc1cc(F)cc3c1c2C(N)CC3. The summed E-state index contributed by atoms with van der Waals surface area (Å²) in [5.74, 6) is -1.12. The highest BCUT2D eigenvalue weighted by molar-refractivity contribution is 5.92. The average molecular weight is 421 g/mol. The number of cyclic esters (lactones) is 1. The van der Waals surface area contributed by atoms with Gasteiger partial charge in [0.2, 0.25) is 0 Å². The highest BCUT2D eigenvalue weighted by Gasteiger charge is 2.45. The first-order chi connectivity index (χ1) is 14.8. The summed E-state index contributed by atoms with van der Waals surface area (Å²) in [6.07, 6.45) is 1.43. The van der Waals surface area contributed by atoms with Gasteiger partial charge in [-0.25, -0.2) is 14.2 Å². The Kier molecular flexibility index (Phi) is 3.60. The van der Waals surface area contributed by atoms with Crippen molar-refractivity contribution in [2.24, 2.45) is 5.73 Å². The molecule has 3 aliphatic rings. The Morgan fingerprint density at radius 3 is 2.90 bits per heavy atom. The van der Waals surface area contributed by atoms with Crippen LogP contribution in [0.1, 0.15) is 53.6 Å². The van der Waals surface area contributed by atoms with Gasteiger partial charge in [-0.2, -0.15) is 0 Å². The van der Waals surface area contributed by atoms with Crippen LogP contribution in [0.4, 0.5) is 4.39 Å². The predicted octanol–water partition coefficient (Wildman–Crippen LogP) is 2.16. The van der Waals surface area contributed by atoms with Crippen LogP contribution in [0.25, 0.3) is 22.3 Å². The first kappa shape index (κ1) is 18.7. The van der Waals surface area contributed by atoms with Crippen molar-refractivity contribution in [2.45, 2.75) is 51.0 Å². The van der Waals surface area contributed by atoms with Gasteiger partial charge in [-0.05, 0) is 42.5 Å². The lowest BCUT2D eigenvalue weighted by molar-refractivity contribution is -0.172. The van der Waals surface area contributed by atoms with Crippen molar-refractivity contribution < 1.29 is 19.0 Å². The van der Waals surface area contributed by atoms with Gasteiger partial charge in [0.15, 0.2) is 5.60 Å². The Morgan fingerprint density at radius 1 is 1.32 bits per heavy atom. The van der Waals surface area contributed by atoms with Crippen molar-refractivity contribution in [3.63, 3.8) is 0 Å². The number of nitrogens with two attached hydrogens (primary N) is 1. The van der Waals surface area contributed by atoms with Crippen LogP contribution in [0.15, 0.2) is 23.0 Å². The maximum Gasteiger partial charge on any atom is 0.343 e. The van der Waals surface area contributed by atoms with Crippen LogP contribution in [0.3, 0.4) is 0 Å². The Hall–Kier alpha value is -3.10. The molecule has 0 bridgehead atoms. The fourth-order valence-electron chi connectivity index (χ4n) is 5.36. The third kappa shape index (κ3) is 2.26. The van der Waals surface area contributed by atoms with Gasteiger partial charge in [-0.1, -0.05) is 6.92 Å². The number of benzene rings is 1. The Balaban J connectivity index is 1.69. The molecular weight excluding hydrogens is 401 g/mol. The average Bonchev–Trinajstić information content (AvgIpc) is 3.11. The van der Waals surface area contributed by atoms with Gasteiger partial charge in [-0.15, -0.1) is 0 Å². The molecule has 6 rings (SSSR count). The Labute approximate surface area is 176 Å². The minimum Gasteiger partial charge on any atom is -0.458 e. The molecule has 31 heavy (non-hydrogen) atoms. The second-order valence-corrected chi connectivity index (χ2v) is 8.56. The third-order valence-corrected chi connectivity index (χ3v) is 6.97. The molecule has 0 spiro atoms. The first-order valence-corrected chi connectivity index (χ1v) is 10.4. The van der Waals surface area contributed by atoms with Gasteiger partial charge in [0, 0.05) is 28.6 Å². The van der Waals surface area contributed by atoms with Crippen molar-refractivity contribution in [3.05, 3.63) is 62.2 Å². The fraction of sp³-hybridized carbons (Fsp3) is 0.348. The molecular formula is C23H20FN3O4. The van der Waals surface area contributed by atoms with E-state index in [1.807, 2.05) is 0 Å². The lowest BCUT2D eigenvalue weighted by Gasteiger charge is -2.31. The van der Waals surface area contributed by atoms with Crippen LogP contribution in [0, 0.1) is 5.82 Å². The normalized spacial score (nSPS) is 23.4. The molecule has 2 atom stereocenters. The number of ether oxygens (including phenoxy) is 1. The summed E-state index contributed by atoms with van der Waals surface area (Å²) in [4.78, 5) is 30.4. The number of esters is 1. The van der Waals surface area contributed by atoms with E-state index in [9.17, 15) is 19.1 Å². The number of pyridine rings is 2. The number of rotatable bonds is 1. The highest BCUT2D eigenvalue weighted by Crippen LogP contribution is 2.44. The quantitative estimate of drug-likeness (QED) is 0.456. The molecule has 3 aromatic rings. The van der Waals surface area contributed by atoms with Crippen molar-refractivity contribution >= 4 is 16.9 Å². The number of nitrogens with zero attached hydrogens (tertiary/aromatic N) is 2. The summed E-state index contributed by atoms with van der Waals surface area (Å²) in [5, 5.41) is 11.9. The van der Waals surface area contributed by atoms with E-state index >= 15 is 0 Å². The van der Waals surface area contributed by atoms with Gasteiger partial charge in [-0.3, -0.25) is 4.79 Å². The molecule has 8 heteroatoms. The molecule has 0 saturated carbocycles. The van der Waals surface area contributed by atoms with Crippen molar-refractivity contribution in [1.82, 2.24) is 9.55 Å². The second kappa shape index (κ2) is 5.99. The molecule has 4 heterocycles.